The number of carbonyl (C=O) groups is 1. The third-order valence-electron chi connectivity index (χ3n) is 6.30. The maximum absolute atomic E-state index is 12.2. The van der Waals surface area contributed by atoms with E-state index in [1.807, 2.05) is 34.3 Å². The van der Waals surface area contributed by atoms with Gasteiger partial charge < -0.3 is 14.9 Å². The minimum atomic E-state index is 0.197. The van der Waals surface area contributed by atoms with E-state index < -0.39 is 0 Å². The molecule has 0 aromatic carbocycles. The summed E-state index contributed by atoms with van der Waals surface area (Å²) in [5.74, 6) is 1.00. The Bertz CT molecular complexity index is 558. The van der Waals surface area contributed by atoms with Crippen molar-refractivity contribution in [1.29, 1.82) is 0 Å². The molecule has 2 fully saturated rings. The molecule has 1 amide bonds. The zero-order chi connectivity index (χ0) is 18.4. The first-order valence-corrected chi connectivity index (χ1v) is 11.1. The molecule has 3 heterocycles. The highest BCUT2D eigenvalue weighted by atomic mass is 32.2. The third-order valence-corrected chi connectivity index (χ3v) is 6.84. The smallest absolute Gasteiger partial charge is 0.232 e. The van der Waals surface area contributed by atoms with Gasteiger partial charge in [-0.15, -0.1) is 0 Å². The van der Waals surface area contributed by atoms with Crippen molar-refractivity contribution in [1.82, 2.24) is 19.6 Å². The van der Waals surface area contributed by atoms with Gasteiger partial charge >= 0.3 is 0 Å². The summed E-state index contributed by atoms with van der Waals surface area (Å²) >= 11 is 1.58. The Hall–Kier alpha value is -1.05. The minimum absolute atomic E-state index is 0.197. The second-order valence-electron chi connectivity index (χ2n) is 7.73. The van der Waals surface area contributed by atoms with Crippen molar-refractivity contribution in [3.63, 3.8) is 0 Å². The van der Waals surface area contributed by atoms with Crippen LogP contribution in [-0.2, 0) is 11.3 Å². The first kappa shape index (κ1) is 19.7. The van der Waals surface area contributed by atoms with Crippen LogP contribution in [0.5, 0.6) is 0 Å². The Kier molecular flexibility index (Phi) is 7.00. The topological polar surface area (TPSA) is 61.6 Å². The van der Waals surface area contributed by atoms with Crippen molar-refractivity contribution in [2.24, 2.45) is 11.3 Å². The number of rotatable bonds is 7. The predicted molar refractivity (Wildman–Crippen MR) is 105 cm³/mol. The van der Waals surface area contributed by atoms with Gasteiger partial charge in [-0.3, -0.25) is 9.48 Å². The highest BCUT2D eigenvalue weighted by molar-refractivity contribution is 7.99. The van der Waals surface area contributed by atoms with Gasteiger partial charge in [0.05, 0.1) is 5.75 Å². The number of hydrogen-bond donors (Lipinski definition) is 1. The van der Waals surface area contributed by atoms with Crippen LogP contribution >= 0.6 is 11.8 Å². The van der Waals surface area contributed by atoms with Crippen LogP contribution < -0.4 is 0 Å². The molecular weight excluding hydrogens is 348 g/mol. The second kappa shape index (κ2) is 9.24. The molecule has 1 aromatic heterocycles. The molecule has 1 N–H and O–H groups in total. The van der Waals surface area contributed by atoms with Gasteiger partial charge in [0, 0.05) is 44.6 Å². The van der Waals surface area contributed by atoms with Gasteiger partial charge in [0.15, 0.2) is 0 Å². The number of nitrogens with zero attached hydrogens (tertiary/aromatic N) is 4. The average Bonchev–Trinajstić information content (AvgIpc) is 3.17. The molecule has 1 atom stereocenters. The van der Waals surface area contributed by atoms with E-state index >= 15 is 0 Å². The van der Waals surface area contributed by atoms with Crippen molar-refractivity contribution >= 4 is 17.7 Å². The van der Waals surface area contributed by atoms with E-state index in [1.54, 1.807) is 11.8 Å². The molecule has 2 saturated heterocycles. The molecule has 0 radical (unpaired) electrons. The number of aliphatic hydroxyl groups excluding tert-OH is 1. The predicted octanol–water partition coefficient (Wildman–Crippen LogP) is 1.56. The van der Waals surface area contributed by atoms with E-state index in [-0.39, 0.29) is 23.8 Å². The number of carbonyl (C=O) groups excluding carboxylic acids is 1. The summed E-state index contributed by atoms with van der Waals surface area (Å²) < 4.78 is 1.99. The van der Waals surface area contributed by atoms with Crippen LogP contribution in [-0.4, -0.2) is 81.9 Å². The molecule has 1 aromatic rings. The molecule has 0 aliphatic carbocycles. The lowest BCUT2D eigenvalue weighted by Crippen LogP contribution is -2.55. The lowest BCUT2D eigenvalue weighted by molar-refractivity contribution is -0.135. The van der Waals surface area contributed by atoms with Crippen LogP contribution in [0.2, 0.25) is 0 Å². The fourth-order valence-corrected chi connectivity index (χ4v) is 5.00. The fraction of sp³-hybridized carbons (Fsp3) is 0.789. The summed E-state index contributed by atoms with van der Waals surface area (Å²) in [6, 6.07) is 1.97. The molecule has 3 rings (SSSR count). The van der Waals surface area contributed by atoms with Gasteiger partial charge in [0.2, 0.25) is 5.91 Å². The molecule has 0 saturated carbocycles. The highest BCUT2D eigenvalue weighted by Crippen LogP contribution is 2.45. The maximum atomic E-state index is 12.2. The van der Waals surface area contributed by atoms with Gasteiger partial charge in [0.25, 0.3) is 0 Å². The highest BCUT2D eigenvalue weighted by Gasteiger charge is 2.45. The lowest BCUT2D eigenvalue weighted by atomic mass is 9.64. The number of hydrogen-bond acceptors (Lipinski definition) is 5. The molecular formula is C19H32N4O2S. The molecule has 146 valence electrons. The van der Waals surface area contributed by atoms with E-state index in [2.05, 4.69) is 10.00 Å². The average molecular weight is 381 g/mol. The summed E-state index contributed by atoms with van der Waals surface area (Å²) in [5, 5.41) is 14.2. The van der Waals surface area contributed by atoms with Crippen LogP contribution in [0.25, 0.3) is 0 Å². The van der Waals surface area contributed by atoms with Gasteiger partial charge in [-0.05, 0) is 63.1 Å². The second-order valence-corrected chi connectivity index (χ2v) is 8.59. The molecule has 6 nitrogen and oxygen atoms in total. The minimum Gasteiger partial charge on any atom is -0.396 e. The molecule has 26 heavy (non-hydrogen) atoms. The number of amides is 1. The number of piperidine rings is 2. The monoisotopic (exact) mass is 380 g/mol. The summed E-state index contributed by atoms with van der Waals surface area (Å²) in [6.45, 7) is 6.08. The third kappa shape index (κ3) is 4.61. The van der Waals surface area contributed by atoms with Crippen molar-refractivity contribution < 1.29 is 9.90 Å². The van der Waals surface area contributed by atoms with Crippen LogP contribution in [0.15, 0.2) is 18.5 Å². The zero-order valence-corrected chi connectivity index (χ0v) is 16.7. The van der Waals surface area contributed by atoms with Gasteiger partial charge in [-0.1, -0.05) is 0 Å². The quantitative estimate of drug-likeness (QED) is 0.778. The number of likely N-dealkylation sites (tertiary alicyclic amines) is 2. The summed E-state index contributed by atoms with van der Waals surface area (Å²) in [4.78, 5) is 16.7. The van der Waals surface area contributed by atoms with E-state index in [0.29, 0.717) is 5.75 Å². The molecule has 0 bridgehead atoms. The summed E-state index contributed by atoms with van der Waals surface area (Å²) in [7, 11) is 0. The molecule has 7 heteroatoms. The first-order chi connectivity index (χ1) is 12.7. The van der Waals surface area contributed by atoms with Crippen LogP contribution in [0.1, 0.15) is 25.7 Å². The van der Waals surface area contributed by atoms with Crippen molar-refractivity contribution in [2.45, 2.75) is 32.2 Å². The number of thioether (sulfide) groups is 1. The van der Waals surface area contributed by atoms with Crippen LogP contribution in [0, 0.1) is 11.3 Å². The standard InChI is InChI=1S/C19H32N4O2S/c1-26-16-18(25)22-13-6-19(17(14-22)15-24)4-11-21(12-5-19)8-3-10-23-9-2-7-20-23/h2,7,9,17,24H,3-6,8,10-16H2,1H3/t17-/m0/s1. The van der Waals surface area contributed by atoms with Gasteiger partial charge in [0.1, 0.15) is 0 Å². The van der Waals surface area contributed by atoms with Crippen LogP contribution in [0.3, 0.4) is 0 Å². The first-order valence-electron chi connectivity index (χ1n) is 9.74. The van der Waals surface area contributed by atoms with E-state index in [0.717, 1.165) is 65.0 Å². The largest absolute Gasteiger partial charge is 0.396 e. The molecule has 1 spiro atoms. The maximum Gasteiger partial charge on any atom is 0.232 e. The van der Waals surface area contributed by atoms with Crippen molar-refractivity contribution in [3.8, 4) is 0 Å². The Morgan fingerprint density at radius 3 is 2.69 bits per heavy atom. The zero-order valence-electron chi connectivity index (χ0n) is 15.8. The molecule has 2 aliphatic rings. The van der Waals surface area contributed by atoms with E-state index in [4.69, 9.17) is 0 Å². The molecule has 0 unspecified atom stereocenters. The number of aryl methyl sites for hydroxylation is 1. The van der Waals surface area contributed by atoms with E-state index in [1.165, 1.54) is 0 Å². The van der Waals surface area contributed by atoms with Crippen molar-refractivity contribution in [3.05, 3.63) is 18.5 Å². The fourth-order valence-electron chi connectivity index (χ4n) is 4.57. The van der Waals surface area contributed by atoms with Crippen molar-refractivity contribution in [2.75, 3.05) is 51.3 Å². The normalized spacial score (nSPS) is 23.5. The van der Waals surface area contributed by atoms with Gasteiger partial charge in [-0.2, -0.15) is 16.9 Å². The number of aliphatic hydroxyl groups is 1. The molecule has 2 aliphatic heterocycles. The van der Waals surface area contributed by atoms with E-state index in [9.17, 15) is 9.90 Å². The van der Waals surface area contributed by atoms with Gasteiger partial charge in [-0.25, -0.2) is 0 Å². The number of aromatic nitrogens is 2. The summed E-state index contributed by atoms with van der Waals surface area (Å²) in [5.41, 5.74) is 0.226. The lowest BCUT2D eigenvalue weighted by Gasteiger charge is -2.51. The Morgan fingerprint density at radius 2 is 2.04 bits per heavy atom. The SMILES string of the molecule is CSCC(=O)N1CCC2(CCN(CCCn3cccn3)CC2)[C@H](CO)C1. The Morgan fingerprint density at radius 1 is 1.27 bits per heavy atom. The Balaban J connectivity index is 1.47. The van der Waals surface area contributed by atoms with Crippen LogP contribution in [0.4, 0.5) is 0 Å². The Labute approximate surface area is 160 Å². The summed E-state index contributed by atoms with van der Waals surface area (Å²) in [6.07, 6.45) is 10.3.